The maximum atomic E-state index is 11.9. The molecule has 6 atom stereocenters. The summed E-state index contributed by atoms with van der Waals surface area (Å²) in [5.74, 6) is -0.778. The van der Waals surface area contributed by atoms with Gasteiger partial charge >= 0.3 is 11.9 Å². The lowest BCUT2D eigenvalue weighted by Crippen LogP contribution is -2.34. The number of hydrogen-bond acceptors (Lipinski definition) is 5. The molecule has 3 aliphatic heterocycles. The van der Waals surface area contributed by atoms with E-state index in [2.05, 4.69) is 6.92 Å². The van der Waals surface area contributed by atoms with E-state index >= 15 is 0 Å². The smallest absolute Gasteiger partial charge is 0.334 e. The van der Waals surface area contributed by atoms with Crippen LogP contribution in [0.3, 0.4) is 0 Å². The highest BCUT2D eigenvalue weighted by Gasteiger charge is 2.59. The molecule has 2 saturated heterocycles. The summed E-state index contributed by atoms with van der Waals surface area (Å²) in [7, 11) is 0. The van der Waals surface area contributed by atoms with Crippen LogP contribution in [-0.2, 0) is 23.8 Å². The SMILES string of the molecule is C[C@H]1C(=O)O[C@H]2C[C@]3(C)O[C@@H]3CCC3=C[C@@H](OC3=O)[C@@H]21. The van der Waals surface area contributed by atoms with E-state index in [1.165, 1.54) is 0 Å². The lowest BCUT2D eigenvalue weighted by molar-refractivity contribution is -0.144. The first-order chi connectivity index (χ1) is 9.48. The molecule has 0 aromatic heterocycles. The van der Waals surface area contributed by atoms with E-state index in [1.807, 2.05) is 13.0 Å². The highest BCUT2D eigenvalue weighted by Crippen LogP contribution is 2.49. The van der Waals surface area contributed by atoms with E-state index in [9.17, 15) is 9.59 Å². The minimum Gasteiger partial charge on any atom is -0.462 e. The van der Waals surface area contributed by atoms with Crippen molar-refractivity contribution in [2.24, 2.45) is 11.8 Å². The average Bonchev–Trinajstić information content (AvgIpc) is 2.74. The second-order valence-electron chi connectivity index (χ2n) is 6.57. The number of carbonyl (C=O) groups excluding carboxylic acids is 2. The van der Waals surface area contributed by atoms with Crippen LogP contribution in [0.4, 0.5) is 0 Å². The third-order valence-corrected chi connectivity index (χ3v) is 5.21. The molecule has 0 amide bonds. The van der Waals surface area contributed by atoms with E-state index in [0.717, 1.165) is 12.0 Å². The van der Waals surface area contributed by atoms with E-state index in [-0.39, 0.29) is 47.7 Å². The fourth-order valence-electron chi connectivity index (χ4n) is 3.88. The highest BCUT2D eigenvalue weighted by atomic mass is 16.6. The molecule has 1 aliphatic carbocycles. The molecule has 2 bridgehead atoms. The molecule has 20 heavy (non-hydrogen) atoms. The fourth-order valence-corrected chi connectivity index (χ4v) is 3.88. The summed E-state index contributed by atoms with van der Waals surface area (Å²) in [4.78, 5) is 23.8. The molecule has 3 heterocycles. The third-order valence-electron chi connectivity index (χ3n) is 5.21. The summed E-state index contributed by atoms with van der Waals surface area (Å²) >= 11 is 0. The molecule has 5 heteroatoms. The Morgan fingerprint density at radius 3 is 2.90 bits per heavy atom. The van der Waals surface area contributed by atoms with Crippen LogP contribution in [0.5, 0.6) is 0 Å². The molecule has 4 rings (SSSR count). The van der Waals surface area contributed by atoms with Gasteiger partial charge in [0.15, 0.2) is 0 Å². The van der Waals surface area contributed by atoms with Gasteiger partial charge in [0.2, 0.25) is 0 Å². The predicted octanol–water partition coefficient (Wildman–Crippen LogP) is 1.36. The first-order valence-corrected chi connectivity index (χ1v) is 7.28. The Hall–Kier alpha value is -1.36. The summed E-state index contributed by atoms with van der Waals surface area (Å²) in [6.45, 7) is 3.91. The molecule has 0 saturated carbocycles. The standard InChI is InChI=1S/C15H18O5/c1-7-12-9-5-8(14(17)18-9)3-4-11-15(2,20-11)6-10(12)19-13(7)16/h5,7,9-12H,3-4,6H2,1-2H3/t7-,9-,10+,11-,12+,15+/m1/s1. The quantitative estimate of drug-likeness (QED) is 0.494. The Morgan fingerprint density at radius 2 is 2.10 bits per heavy atom. The van der Waals surface area contributed by atoms with Gasteiger partial charge in [-0.3, -0.25) is 4.79 Å². The van der Waals surface area contributed by atoms with Crippen LogP contribution in [-0.4, -0.2) is 35.9 Å². The van der Waals surface area contributed by atoms with Crippen molar-refractivity contribution in [2.75, 3.05) is 0 Å². The van der Waals surface area contributed by atoms with Gasteiger partial charge in [-0.1, -0.05) is 6.92 Å². The summed E-state index contributed by atoms with van der Waals surface area (Å²) < 4.78 is 16.8. The largest absolute Gasteiger partial charge is 0.462 e. The molecule has 0 aromatic rings. The molecule has 2 fully saturated rings. The normalized spacial score (nSPS) is 49.7. The number of esters is 2. The number of ether oxygens (including phenoxy) is 3. The molecular formula is C15H18O5. The van der Waals surface area contributed by atoms with Crippen molar-refractivity contribution in [3.05, 3.63) is 11.6 Å². The molecule has 5 nitrogen and oxygen atoms in total. The van der Waals surface area contributed by atoms with Crippen LogP contribution < -0.4 is 0 Å². The Bertz CT molecular complexity index is 524. The second kappa shape index (κ2) is 3.85. The Labute approximate surface area is 117 Å². The molecule has 108 valence electrons. The monoisotopic (exact) mass is 278 g/mol. The molecule has 0 radical (unpaired) electrons. The molecule has 0 aromatic carbocycles. The van der Waals surface area contributed by atoms with Crippen molar-refractivity contribution in [1.29, 1.82) is 0 Å². The van der Waals surface area contributed by atoms with Crippen molar-refractivity contribution in [3.8, 4) is 0 Å². The Morgan fingerprint density at radius 1 is 1.30 bits per heavy atom. The van der Waals surface area contributed by atoms with Gasteiger partial charge in [-0.15, -0.1) is 0 Å². The lowest BCUT2D eigenvalue weighted by Gasteiger charge is -2.25. The van der Waals surface area contributed by atoms with Crippen LogP contribution in [0.2, 0.25) is 0 Å². The van der Waals surface area contributed by atoms with Crippen LogP contribution in [0.1, 0.15) is 33.1 Å². The number of carbonyl (C=O) groups is 2. The van der Waals surface area contributed by atoms with Gasteiger partial charge in [-0.25, -0.2) is 4.79 Å². The number of hydrogen-bond donors (Lipinski definition) is 0. The third kappa shape index (κ3) is 1.65. The highest BCUT2D eigenvalue weighted by molar-refractivity contribution is 5.91. The van der Waals surface area contributed by atoms with Gasteiger partial charge in [0.1, 0.15) is 12.2 Å². The maximum absolute atomic E-state index is 11.9. The van der Waals surface area contributed by atoms with Crippen LogP contribution in [0.25, 0.3) is 0 Å². The van der Waals surface area contributed by atoms with Crippen molar-refractivity contribution in [3.63, 3.8) is 0 Å². The summed E-state index contributed by atoms with van der Waals surface area (Å²) in [5, 5.41) is 0. The van der Waals surface area contributed by atoms with E-state index < -0.39 is 0 Å². The van der Waals surface area contributed by atoms with Crippen molar-refractivity contribution < 1.29 is 23.8 Å². The number of fused-ring (bicyclic) bond motifs is 4. The van der Waals surface area contributed by atoms with Crippen LogP contribution in [0, 0.1) is 11.8 Å². The second-order valence-corrected chi connectivity index (χ2v) is 6.57. The zero-order valence-corrected chi connectivity index (χ0v) is 11.6. The Balaban J connectivity index is 1.71. The molecule has 0 unspecified atom stereocenters. The lowest BCUT2D eigenvalue weighted by atomic mass is 9.81. The molecular weight excluding hydrogens is 260 g/mol. The van der Waals surface area contributed by atoms with Gasteiger partial charge in [-0.2, -0.15) is 0 Å². The van der Waals surface area contributed by atoms with Crippen molar-refractivity contribution in [2.45, 2.75) is 57.0 Å². The summed E-state index contributed by atoms with van der Waals surface area (Å²) in [6, 6.07) is 0. The topological polar surface area (TPSA) is 65.1 Å². The van der Waals surface area contributed by atoms with Gasteiger partial charge < -0.3 is 14.2 Å². The minimum atomic E-state index is -0.331. The Kier molecular flexibility index (Phi) is 2.38. The van der Waals surface area contributed by atoms with E-state index in [4.69, 9.17) is 14.2 Å². The fraction of sp³-hybridized carbons (Fsp3) is 0.733. The zero-order valence-electron chi connectivity index (χ0n) is 11.6. The van der Waals surface area contributed by atoms with Crippen LogP contribution >= 0.6 is 0 Å². The first kappa shape index (κ1) is 12.4. The summed E-state index contributed by atoms with van der Waals surface area (Å²) in [6.07, 6.45) is 3.70. The maximum Gasteiger partial charge on any atom is 0.334 e. The van der Waals surface area contributed by atoms with Crippen molar-refractivity contribution >= 4 is 11.9 Å². The van der Waals surface area contributed by atoms with Gasteiger partial charge in [0, 0.05) is 17.9 Å². The van der Waals surface area contributed by atoms with Gasteiger partial charge in [-0.05, 0) is 25.8 Å². The average molecular weight is 278 g/mol. The number of rotatable bonds is 0. The summed E-state index contributed by atoms with van der Waals surface area (Å²) in [5.41, 5.74) is 0.508. The van der Waals surface area contributed by atoms with Crippen LogP contribution in [0.15, 0.2) is 11.6 Å². The minimum absolute atomic E-state index is 0.0938. The van der Waals surface area contributed by atoms with Gasteiger partial charge in [0.05, 0.1) is 17.6 Å². The number of epoxide rings is 1. The molecule has 0 N–H and O–H groups in total. The van der Waals surface area contributed by atoms with Gasteiger partial charge in [0.25, 0.3) is 0 Å². The molecule has 0 spiro atoms. The zero-order chi connectivity index (χ0) is 14.1. The van der Waals surface area contributed by atoms with Crippen molar-refractivity contribution in [1.82, 2.24) is 0 Å². The first-order valence-electron chi connectivity index (χ1n) is 7.28. The predicted molar refractivity (Wildman–Crippen MR) is 67.6 cm³/mol. The van der Waals surface area contributed by atoms with E-state index in [0.29, 0.717) is 12.8 Å². The molecule has 4 aliphatic rings. The van der Waals surface area contributed by atoms with E-state index in [1.54, 1.807) is 0 Å².